The maximum Gasteiger partial charge on any atom is 0.0514 e. The molecule has 0 fully saturated rings. The average molecular weight is 288 g/mol. The van der Waals surface area contributed by atoms with E-state index < -0.39 is 0 Å². The van der Waals surface area contributed by atoms with E-state index in [2.05, 4.69) is 85.7 Å². The van der Waals surface area contributed by atoms with Crippen molar-refractivity contribution in [3.63, 3.8) is 0 Å². The summed E-state index contributed by atoms with van der Waals surface area (Å²) in [4.78, 5) is 0. The van der Waals surface area contributed by atoms with Crippen molar-refractivity contribution in [2.24, 2.45) is 14.1 Å². The van der Waals surface area contributed by atoms with Crippen LogP contribution in [0, 0.1) is 13.8 Å². The Balaban J connectivity index is 2.10. The first kappa shape index (κ1) is 13.2. The molecule has 0 N–H and O–H groups in total. The van der Waals surface area contributed by atoms with Crippen LogP contribution in [-0.2, 0) is 14.1 Å². The molecule has 0 bridgehead atoms. The van der Waals surface area contributed by atoms with Gasteiger partial charge in [0.1, 0.15) is 0 Å². The fourth-order valence-corrected chi connectivity index (χ4v) is 3.76. The second-order valence-electron chi connectivity index (χ2n) is 6.23. The summed E-state index contributed by atoms with van der Waals surface area (Å²) >= 11 is 0. The predicted octanol–water partition coefficient (Wildman–Crippen LogP) is 4.95. The summed E-state index contributed by atoms with van der Waals surface area (Å²) in [6.07, 6.45) is 2.25. The van der Waals surface area contributed by atoms with Crippen LogP contribution in [0.4, 0.5) is 0 Å². The summed E-state index contributed by atoms with van der Waals surface area (Å²) in [7, 11) is 4.30. The molecule has 2 aromatic carbocycles. The number of aromatic nitrogens is 2. The first-order valence-corrected chi connectivity index (χ1v) is 7.68. The van der Waals surface area contributed by atoms with Crippen LogP contribution in [0.2, 0.25) is 0 Å². The standard InChI is InChI=1S/C20H20N2/c1-13-7-5-9-15-11-18(22(4)19(13)15)17-12-21(3)20-14(2)8-6-10-16(17)20/h5-12H,1-4H3. The van der Waals surface area contributed by atoms with E-state index in [0.717, 1.165) is 0 Å². The molecular weight excluding hydrogens is 268 g/mol. The lowest BCUT2D eigenvalue weighted by Gasteiger charge is -2.05. The Kier molecular flexibility index (Phi) is 2.70. The molecule has 0 spiro atoms. The minimum Gasteiger partial charge on any atom is -0.350 e. The van der Waals surface area contributed by atoms with Gasteiger partial charge >= 0.3 is 0 Å². The third kappa shape index (κ3) is 1.67. The minimum absolute atomic E-state index is 1.28. The number of fused-ring (bicyclic) bond motifs is 2. The van der Waals surface area contributed by atoms with Crippen LogP contribution in [-0.4, -0.2) is 9.13 Å². The molecule has 2 nitrogen and oxygen atoms in total. The van der Waals surface area contributed by atoms with Crippen LogP contribution in [0.3, 0.4) is 0 Å². The highest BCUT2D eigenvalue weighted by Gasteiger charge is 2.15. The van der Waals surface area contributed by atoms with E-state index in [1.807, 2.05) is 0 Å². The van der Waals surface area contributed by atoms with Crippen molar-refractivity contribution in [1.82, 2.24) is 9.13 Å². The Bertz CT molecular complexity index is 1020. The summed E-state index contributed by atoms with van der Waals surface area (Å²) in [6.45, 7) is 4.36. The van der Waals surface area contributed by atoms with Crippen LogP contribution in [0.1, 0.15) is 11.1 Å². The third-order valence-electron chi connectivity index (χ3n) is 4.74. The summed E-state index contributed by atoms with van der Waals surface area (Å²) < 4.78 is 4.56. The Morgan fingerprint density at radius 2 is 1.50 bits per heavy atom. The molecule has 4 rings (SSSR count). The van der Waals surface area contributed by atoms with Crippen molar-refractivity contribution in [3.05, 3.63) is 59.8 Å². The molecule has 22 heavy (non-hydrogen) atoms. The van der Waals surface area contributed by atoms with Crippen molar-refractivity contribution < 1.29 is 0 Å². The number of hydrogen-bond donors (Lipinski definition) is 0. The highest BCUT2D eigenvalue weighted by molar-refractivity contribution is 6.00. The molecule has 0 saturated carbocycles. The molecule has 110 valence electrons. The Morgan fingerprint density at radius 3 is 2.23 bits per heavy atom. The van der Waals surface area contributed by atoms with Crippen molar-refractivity contribution >= 4 is 21.8 Å². The Hall–Kier alpha value is -2.48. The summed E-state index contributed by atoms with van der Waals surface area (Å²) in [5, 5.41) is 2.63. The smallest absolute Gasteiger partial charge is 0.0514 e. The number of para-hydroxylation sites is 2. The zero-order valence-corrected chi connectivity index (χ0v) is 13.5. The summed E-state index contributed by atoms with van der Waals surface area (Å²) in [6, 6.07) is 15.4. The number of hydrogen-bond acceptors (Lipinski definition) is 0. The van der Waals surface area contributed by atoms with Gasteiger partial charge in [0.2, 0.25) is 0 Å². The van der Waals surface area contributed by atoms with Crippen molar-refractivity contribution in [2.75, 3.05) is 0 Å². The van der Waals surface area contributed by atoms with Crippen molar-refractivity contribution in [1.29, 1.82) is 0 Å². The van der Waals surface area contributed by atoms with Gasteiger partial charge < -0.3 is 9.13 Å². The van der Waals surface area contributed by atoms with Gasteiger partial charge in [-0.2, -0.15) is 0 Å². The first-order chi connectivity index (χ1) is 10.6. The van der Waals surface area contributed by atoms with Gasteiger partial charge in [-0.3, -0.25) is 0 Å². The number of nitrogens with zero attached hydrogens (tertiary/aromatic N) is 2. The van der Waals surface area contributed by atoms with E-state index in [1.165, 1.54) is 44.2 Å². The molecule has 4 aromatic rings. The van der Waals surface area contributed by atoms with E-state index in [0.29, 0.717) is 0 Å². The molecule has 2 heterocycles. The number of aryl methyl sites for hydroxylation is 4. The van der Waals surface area contributed by atoms with Crippen LogP contribution >= 0.6 is 0 Å². The first-order valence-electron chi connectivity index (χ1n) is 7.68. The maximum absolute atomic E-state index is 2.32. The van der Waals surface area contributed by atoms with Crippen molar-refractivity contribution in [2.45, 2.75) is 13.8 Å². The lowest BCUT2D eigenvalue weighted by Crippen LogP contribution is -1.92. The van der Waals surface area contributed by atoms with E-state index in [-0.39, 0.29) is 0 Å². The molecule has 0 aliphatic carbocycles. The van der Waals surface area contributed by atoms with Crippen molar-refractivity contribution in [3.8, 4) is 11.3 Å². The molecule has 0 amide bonds. The quantitative estimate of drug-likeness (QED) is 0.469. The minimum atomic E-state index is 1.28. The molecule has 0 aliphatic rings. The van der Waals surface area contributed by atoms with E-state index >= 15 is 0 Å². The van der Waals surface area contributed by atoms with Crippen LogP contribution in [0.15, 0.2) is 48.7 Å². The van der Waals surface area contributed by atoms with Crippen LogP contribution in [0.5, 0.6) is 0 Å². The largest absolute Gasteiger partial charge is 0.350 e. The average Bonchev–Trinajstić information content (AvgIpc) is 2.99. The topological polar surface area (TPSA) is 9.86 Å². The van der Waals surface area contributed by atoms with Crippen LogP contribution in [0.25, 0.3) is 33.1 Å². The van der Waals surface area contributed by atoms with Gasteiger partial charge in [0, 0.05) is 36.6 Å². The molecule has 2 heteroatoms. The van der Waals surface area contributed by atoms with Crippen LogP contribution < -0.4 is 0 Å². The summed E-state index contributed by atoms with van der Waals surface area (Å²) in [5.74, 6) is 0. The summed E-state index contributed by atoms with van der Waals surface area (Å²) in [5.41, 5.74) is 7.87. The normalized spacial score (nSPS) is 11.6. The molecule has 2 aromatic heterocycles. The molecule has 0 radical (unpaired) electrons. The number of benzene rings is 2. The molecule has 0 aliphatic heterocycles. The fraction of sp³-hybridized carbons (Fsp3) is 0.200. The van der Waals surface area contributed by atoms with Gasteiger partial charge in [-0.1, -0.05) is 36.4 Å². The lowest BCUT2D eigenvalue weighted by molar-refractivity contribution is 0.952. The monoisotopic (exact) mass is 288 g/mol. The second kappa shape index (κ2) is 4.51. The van der Waals surface area contributed by atoms with Gasteiger partial charge in [0.25, 0.3) is 0 Å². The Labute approximate surface area is 130 Å². The van der Waals surface area contributed by atoms with E-state index in [1.54, 1.807) is 0 Å². The Morgan fingerprint density at radius 1 is 0.818 bits per heavy atom. The maximum atomic E-state index is 2.32. The zero-order valence-electron chi connectivity index (χ0n) is 13.5. The van der Waals surface area contributed by atoms with Gasteiger partial charge in [-0.15, -0.1) is 0 Å². The van der Waals surface area contributed by atoms with Gasteiger partial charge in [0.05, 0.1) is 16.7 Å². The molecule has 0 unspecified atom stereocenters. The fourth-order valence-electron chi connectivity index (χ4n) is 3.76. The molecular formula is C20H20N2. The van der Waals surface area contributed by atoms with E-state index in [4.69, 9.17) is 0 Å². The molecule has 0 saturated heterocycles. The number of rotatable bonds is 1. The van der Waals surface area contributed by atoms with Gasteiger partial charge in [-0.05, 0) is 31.0 Å². The molecule has 0 atom stereocenters. The SMILES string of the molecule is Cc1cccc2c(-c3cc4cccc(C)c4n3C)cn(C)c12. The highest BCUT2D eigenvalue weighted by Crippen LogP contribution is 2.35. The predicted molar refractivity (Wildman–Crippen MR) is 94.3 cm³/mol. The van der Waals surface area contributed by atoms with E-state index in [9.17, 15) is 0 Å². The second-order valence-corrected chi connectivity index (χ2v) is 6.23. The van der Waals surface area contributed by atoms with Gasteiger partial charge in [-0.25, -0.2) is 0 Å². The highest BCUT2D eigenvalue weighted by atomic mass is 15.0. The lowest BCUT2D eigenvalue weighted by atomic mass is 10.1. The zero-order chi connectivity index (χ0) is 15.4. The third-order valence-corrected chi connectivity index (χ3v) is 4.74. The van der Waals surface area contributed by atoms with Gasteiger partial charge in [0.15, 0.2) is 0 Å².